The zero-order valence-electron chi connectivity index (χ0n) is 16.3. The maximum atomic E-state index is 13.1. The van der Waals surface area contributed by atoms with Crippen molar-refractivity contribution < 1.29 is 4.52 Å². The number of hydrogen-bond donors (Lipinski definition) is 0. The van der Waals surface area contributed by atoms with Crippen LogP contribution in [0.4, 0.5) is 0 Å². The highest BCUT2D eigenvalue weighted by Crippen LogP contribution is 2.27. The fraction of sp³-hybridized carbons (Fsp3) is 0.0435. The molecular weight excluding hydrogens is 432 g/mol. The molecule has 3 aromatic carbocycles. The fourth-order valence-electron chi connectivity index (χ4n) is 3.28. The molecule has 0 aliphatic rings. The Morgan fingerprint density at radius 1 is 0.935 bits per heavy atom. The van der Waals surface area contributed by atoms with Crippen LogP contribution in [0.2, 0.25) is 5.02 Å². The molecule has 0 aliphatic heterocycles. The van der Waals surface area contributed by atoms with Gasteiger partial charge in [0.2, 0.25) is 5.82 Å². The number of nitrogens with zero attached hydrogens (tertiary/aromatic N) is 4. The van der Waals surface area contributed by atoms with E-state index in [9.17, 15) is 4.79 Å². The number of fused-ring (bicyclic) bond motifs is 1. The lowest BCUT2D eigenvalue weighted by atomic mass is 10.1. The molecule has 0 atom stereocenters. The summed E-state index contributed by atoms with van der Waals surface area (Å²) in [5.41, 5.74) is 1.62. The van der Waals surface area contributed by atoms with Crippen LogP contribution in [0.25, 0.3) is 39.4 Å². The maximum absolute atomic E-state index is 13.1. The van der Waals surface area contributed by atoms with Crippen molar-refractivity contribution in [2.24, 2.45) is 0 Å². The second-order valence-electron chi connectivity index (χ2n) is 6.74. The summed E-state index contributed by atoms with van der Waals surface area (Å²) in [6, 6.07) is 22.0. The molecule has 0 radical (unpaired) electrons. The molecule has 0 bridgehead atoms. The van der Waals surface area contributed by atoms with Crippen molar-refractivity contribution in [3.05, 3.63) is 88.2 Å². The van der Waals surface area contributed by atoms with Gasteiger partial charge >= 0.3 is 0 Å². The first-order chi connectivity index (χ1) is 15.1. The molecule has 152 valence electrons. The first-order valence-electron chi connectivity index (χ1n) is 9.40. The zero-order chi connectivity index (χ0) is 21.4. The quantitative estimate of drug-likeness (QED) is 0.340. The summed E-state index contributed by atoms with van der Waals surface area (Å²) >= 11 is 7.66. The van der Waals surface area contributed by atoms with E-state index in [2.05, 4.69) is 15.2 Å². The highest BCUT2D eigenvalue weighted by molar-refractivity contribution is 7.98. The van der Waals surface area contributed by atoms with Crippen LogP contribution in [0.5, 0.6) is 0 Å². The van der Waals surface area contributed by atoms with E-state index in [0.29, 0.717) is 33.0 Å². The molecule has 0 aliphatic carbocycles. The monoisotopic (exact) mass is 446 g/mol. The molecule has 0 fully saturated rings. The third kappa shape index (κ3) is 3.62. The Hall–Kier alpha value is -3.42. The minimum Gasteiger partial charge on any atom is -0.332 e. The van der Waals surface area contributed by atoms with Gasteiger partial charge in [-0.05, 0) is 60.9 Å². The van der Waals surface area contributed by atoms with Gasteiger partial charge in [0.25, 0.3) is 11.4 Å². The van der Waals surface area contributed by atoms with E-state index in [0.717, 1.165) is 10.5 Å². The van der Waals surface area contributed by atoms with Crippen molar-refractivity contribution in [3.63, 3.8) is 0 Å². The number of aromatic nitrogens is 4. The Morgan fingerprint density at radius 3 is 2.35 bits per heavy atom. The van der Waals surface area contributed by atoms with Gasteiger partial charge in [-0.15, -0.1) is 11.8 Å². The van der Waals surface area contributed by atoms with E-state index in [-0.39, 0.29) is 11.4 Å². The van der Waals surface area contributed by atoms with Crippen molar-refractivity contribution in [1.29, 1.82) is 0 Å². The van der Waals surface area contributed by atoms with Gasteiger partial charge < -0.3 is 4.52 Å². The predicted molar refractivity (Wildman–Crippen MR) is 123 cm³/mol. The minimum atomic E-state index is -0.242. The van der Waals surface area contributed by atoms with Gasteiger partial charge in [-0.1, -0.05) is 35.0 Å². The first-order valence-corrected chi connectivity index (χ1v) is 11.0. The molecule has 0 saturated carbocycles. The molecule has 2 heterocycles. The topological polar surface area (TPSA) is 73.8 Å². The Balaban J connectivity index is 1.68. The summed E-state index contributed by atoms with van der Waals surface area (Å²) < 4.78 is 6.88. The maximum Gasteiger partial charge on any atom is 0.279 e. The number of benzene rings is 3. The van der Waals surface area contributed by atoms with E-state index in [1.807, 2.05) is 48.7 Å². The molecule has 2 aromatic heterocycles. The van der Waals surface area contributed by atoms with Gasteiger partial charge in [0.1, 0.15) is 0 Å². The molecule has 5 aromatic rings. The van der Waals surface area contributed by atoms with E-state index < -0.39 is 0 Å². The second-order valence-corrected chi connectivity index (χ2v) is 8.06. The number of hydrogen-bond acceptors (Lipinski definition) is 6. The largest absolute Gasteiger partial charge is 0.332 e. The van der Waals surface area contributed by atoms with Crippen LogP contribution in [0.1, 0.15) is 0 Å². The van der Waals surface area contributed by atoms with E-state index >= 15 is 0 Å². The van der Waals surface area contributed by atoms with Crippen LogP contribution >= 0.6 is 23.4 Å². The number of halogens is 1. The Bertz CT molecular complexity index is 1440. The Labute approximate surface area is 186 Å². The summed E-state index contributed by atoms with van der Waals surface area (Å²) in [4.78, 5) is 18.8. The van der Waals surface area contributed by atoms with E-state index in [1.54, 1.807) is 42.1 Å². The van der Waals surface area contributed by atoms with Gasteiger partial charge in [-0.2, -0.15) is 14.8 Å². The van der Waals surface area contributed by atoms with Gasteiger partial charge in [0.05, 0.1) is 11.1 Å². The fourth-order valence-corrected chi connectivity index (χ4v) is 3.82. The van der Waals surface area contributed by atoms with Gasteiger partial charge in [-0.25, -0.2) is 0 Å². The number of thioether (sulfide) groups is 1. The van der Waals surface area contributed by atoms with Crippen molar-refractivity contribution in [1.82, 2.24) is 19.9 Å². The molecule has 31 heavy (non-hydrogen) atoms. The standard InChI is InChI=1S/C23H15ClN4O2S/c1-31-17-12-6-14(7-13-17)21-25-22(30-27-21)20-18-4-2-3-5-19(18)23(29)28(26-20)16-10-8-15(24)9-11-16/h2-13H,1H3. The summed E-state index contributed by atoms with van der Waals surface area (Å²) in [6.45, 7) is 0. The summed E-state index contributed by atoms with van der Waals surface area (Å²) in [6.07, 6.45) is 2.02. The molecule has 0 saturated heterocycles. The molecule has 0 N–H and O–H groups in total. The SMILES string of the molecule is CSc1ccc(-c2noc(-c3nn(-c4ccc(Cl)cc4)c(=O)c4ccccc34)n2)cc1. The second kappa shape index (κ2) is 8.02. The third-order valence-electron chi connectivity index (χ3n) is 4.85. The highest BCUT2D eigenvalue weighted by atomic mass is 35.5. The van der Waals surface area contributed by atoms with Crippen LogP contribution in [-0.4, -0.2) is 26.2 Å². The van der Waals surface area contributed by atoms with Crippen LogP contribution in [0.15, 0.2) is 87.0 Å². The average Bonchev–Trinajstić information content (AvgIpc) is 3.30. The highest BCUT2D eigenvalue weighted by Gasteiger charge is 2.19. The summed E-state index contributed by atoms with van der Waals surface area (Å²) in [5.74, 6) is 0.695. The van der Waals surface area contributed by atoms with E-state index in [4.69, 9.17) is 16.1 Å². The molecule has 6 nitrogen and oxygen atoms in total. The Morgan fingerprint density at radius 2 is 1.65 bits per heavy atom. The van der Waals surface area contributed by atoms with Crippen molar-refractivity contribution in [3.8, 4) is 28.7 Å². The van der Waals surface area contributed by atoms with Crippen LogP contribution in [0, 0.1) is 0 Å². The van der Waals surface area contributed by atoms with Gasteiger partial charge in [-0.3, -0.25) is 4.79 Å². The van der Waals surface area contributed by atoms with Gasteiger partial charge in [0.15, 0.2) is 5.69 Å². The summed E-state index contributed by atoms with van der Waals surface area (Å²) in [5, 5.41) is 10.4. The molecule has 5 rings (SSSR count). The lowest BCUT2D eigenvalue weighted by Gasteiger charge is -2.09. The molecule has 8 heteroatoms. The van der Waals surface area contributed by atoms with Gasteiger partial charge in [0, 0.05) is 20.9 Å². The van der Waals surface area contributed by atoms with Crippen LogP contribution < -0.4 is 5.56 Å². The summed E-state index contributed by atoms with van der Waals surface area (Å²) in [7, 11) is 0. The third-order valence-corrected chi connectivity index (χ3v) is 5.85. The smallest absolute Gasteiger partial charge is 0.279 e. The lowest BCUT2D eigenvalue weighted by molar-refractivity contribution is 0.430. The van der Waals surface area contributed by atoms with Crippen LogP contribution in [0.3, 0.4) is 0 Å². The first kappa shape index (κ1) is 19.5. The zero-order valence-corrected chi connectivity index (χ0v) is 17.9. The predicted octanol–water partition coefficient (Wildman–Crippen LogP) is 5.48. The molecular formula is C23H15ClN4O2S. The minimum absolute atomic E-state index is 0.239. The molecule has 0 amide bonds. The van der Waals surface area contributed by atoms with Crippen molar-refractivity contribution >= 4 is 34.1 Å². The normalized spacial score (nSPS) is 11.2. The average molecular weight is 447 g/mol. The Kier molecular flexibility index (Phi) is 5.05. The molecule has 0 spiro atoms. The van der Waals surface area contributed by atoms with Crippen molar-refractivity contribution in [2.45, 2.75) is 4.90 Å². The van der Waals surface area contributed by atoms with Crippen molar-refractivity contribution in [2.75, 3.05) is 6.26 Å². The lowest BCUT2D eigenvalue weighted by Crippen LogP contribution is -2.22. The molecule has 0 unspecified atom stereocenters. The number of rotatable bonds is 4. The van der Waals surface area contributed by atoms with E-state index in [1.165, 1.54) is 4.68 Å². The van der Waals surface area contributed by atoms with Crippen LogP contribution in [-0.2, 0) is 0 Å².